The van der Waals surface area contributed by atoms with E-state index in [0.717, 1.165) is 50.0 Å². The molecule has 2 aliphatic carbocycles. The quantitative estimate of drug-likeness (QED) is 0.629. The zero-order valence-electron chi connectivity index (χ0n) is 22.2. The van der Waals surface area contributed by atoms with Crippen LogP contribution in [0.15, 0.2) is 29.3 Å². The Bertz CT molecular complexity index is 1030. The van der Waals surface area contributed by atoms with Crippen LogP contribution in [0, 0.1) is 17.8 Å². The van der Waals surface area contributed by atoms with Gasteiger partial charge in [0, 0.05) is 30.4 Å². The number of para-hydroxylation sites is 1. The molecule has 3 heterocycles. The molecule has 0 aromatic heterocycles. The largest absolute Gasteiger partial charge is 0.341 e. The third kappa shape index (κ3) is 5.83. The summed E-state index contributed by atoms with van der Waals surface area (Å²) < 4.78 is 0. The van der Waals surface area contributed by atoms with Crippen molar-refractivity contribution in [3.05, 3.63) is 29.8 Å². The minimum atomic E-state index is -1.08. The van der Waals surface area contributed by atoms with E-state index >= 15 is 0 Å². The predicted octanol–water partition coefficient (Wildman–Crippen LogP) is 4.08. The van der Waals surface area contributed by atoms with E-state index in [1.54, 1.807) is 4.90 Å². The van der Waals surface area contributed by atoms with E-state index in [4.69, 9.17) is 4.99 Å². The van der Waals surface area contributed by atoms with Gasteiger partial charge in [0.1, 0.15) is 6.54 Å². The highest BCUT2D eigenvalue weighted by atomic mass is 16.2. The number of hydrogen-bond acceptors (Lipinski definition) is 4. The highest BCUT2D eigenvalue weighted by Gasteiger charge is 2.37. The lowest BCUT2D eigenvalue weighted by molar-refractivity contribution is -0.132. The molecule has 3 aliphatic heterocycles. The van der Waals surface area contributed by atoms with Crippen LogP contribution in [-0.4, -0.2) is 60.3 Å². The maximum absolute atomic E-state index is 13.9. The highest BCUT2D eigenvalue weighted by Crippen LogP contribution is 2.34. The van der Waals surface area contributed by atoms with Gasteiger partial charge in [-0.1, -0.05) is 51.3 Å². The van der Waals surface area contributed by atoms with Crippen LogP contribution in [-0.2, 0) is 9.59 Å². The van der Waals surface area contributed by atoms with Crippen LogP contribution in [0.3, 0.4) is 0 Å². The zero-order chi connectivity index (χ0) is 25.9. The van der Waals surface area contributed by atoms with Gasteiger partial charge in [0.15, 0.2) is 0 Å². The Labute approximate surface area is 220 Å². The first-order chi connectivity index (χ1) is 17.9. The van der Waals surface area contributed by atoms with Crippen LogP contribution in [0.2, 0.25) is 0 Å². The lowest BCUT2D eigenvalue weighted by Gasteiger charge is -2.29. The van der Waals surface area contributed by atoms with Gasteiger partial charge in [-0.25, -0.2) is 4.79 Å². The second-order valence-corrected chi connectivity index (χ2v) is 11.7. The number of amides is 4. The number of benzodiazepines with no additional fused rings is 1. The number of nitrogens with one attached hydrogen (secondary N) is 2. The second kappa shape index (κ2) is 11.2. The summed E-state index contributed by atoms with van der Waals surface area (Å²) in [6, 6.07) is 7.40. The van der Waals surface area contributed by atoms with Gasteiger partial charge in [-0.05, 0) is 62.3 Å². The second-order valence-electron chi connectivity index (χ2n) is 11.7. The fourth-order valence-electron chi connectivity index (χ4n) is 6.50. The molecule has 2 saturated heterocycles. The molecule has 6 rings (SSSR count). The summed E-state index contributed by atoms with van der Waals surface area (Å²) in [5.41, 5.74) is 2.28. The standard InChI is InChI=1S/C29H41N5O3/c1-19(2)26-23-10-6-7-11-24(23)34(18-25(35)33-16-20-12-13-21(17-33)15-14-20)28(36)27(31-26)32-29(37)30-22-8-4-3-5-9-22/h6-7,10-11,19-22,27H,3-5,8-9,12-18H2,1-2H3,(H2,30,32,37). The highest BCUT2D eigenvalue weighted by molar-refractivity contribution is 6.15. The molecule has 200 valence electrons. The Hall–Kier alpha value is -2.90. The Balaban J connectivity index is 1.39. The third-order valence-corrected chi connectivity index (χ3v) is 8.56. The van der Waals surface area contributed by atoms with E-state index in [1.165, 1.54) is 32.1 Å². The van der Waals surface area contributed by atoms with Crippen LogP contribution in [0.4, 0.5) is 10.5 Å². The molecule has 2 N–H and O–H groups in total. The number of carbonyl (C=O) groups excluding carboxylic acids is 3. The molecule has 2 saturated carbocycles. The van der Waals surface area contributed by atoms with E-state index in [0.29, 0.717) is 17.5 Å². The van der Waals surface area contributed by atoms with Gasteiger partial charge in [-0.2, -0.15) is 0 Å². The Kier molecular flexibility index (Phi) is 7.81. The van der Waals surface area contributed by atoms with Gasteiger partial charge in [-0.15, -0.1) is 0 Å². The Morgan fingerprint density at radius 2 is 1.59 bits per heavy atom. The monoisotopic (exact) mass is 507 g/mol. The Morgan fingerprint density at radius 3 is 2.24 bits per heavy atom. The number of anilines is 1. The van der Waals surface area contributed by atoms with Crippen molar-refractivity contribution in [2.45, 2.75) is 83.8 Å². The molecule has 1 unspecified atom stereocenters. The number of rotatable bonds is 5. The molecular weight excluding hydrogens is 466 g/mol. The predicted molar refractivity (Wildman–Crippen MR) is 145 cm³/mol. The molecule has 8 nitrogen and oxygen atoms in total. The molecule has 1 aromatic carbocycles. The normalized spacial score (nSPS) is 26.3. The van der Waals surface area contributed by atoms with Crippen molar-refractivity contribution >= 4 is 29.2 Å². The summed E-state index contributed by atoms with van der Waals surface area (Å²) in [5.74, 6) is 0.761. The summed E-state index contributed by atoms with van der Waals surface area (Å²) in [5, 5.41) is 5.88. The van der Waals surface area contributed by atoms with Gasteiger partial charge in [0.05, 0.1) is 5.69 Å². The maximum Gasteiger partial charge on any atom is 0.317 e. The molecule has 2 bridgehead atoms. The van der Waals surface area contributed by atoms with Crippen molar-refractivity contribution in [2.75, 3.05) is 24.5 Å². The fourth-order valence-corrected chi connectivity index (χ4v) is 6.50. The van der Waals surface area contributed by atoms with Crippen molar-refractivity contribution in [3.63, 3.8) is 0 Å². The number of aliphatic imine (C=N–C) groups is 1. The van der Waals surface area contributed by atoms with E-state index < -0.39 is 6.17 Å². The van der Waals surface area contributed by atoms with Gasteiger partial charge >= 0.3 is 6.03 Å². The summed E-state index contributed by atoms with van der Waals surface area (Å²) in [6.45, 7) is 5.58. The molecule has 1 atom stereocenters. The lowest BCUT2D eigenvalue weighted by Crippen LogP contribution is -2.54. The summed E-state index contributed by atoms with van der Waals surface area (Å²) in [4.78, 5) is 48.8. The maximum atomic E-state index is 13.9. The van der Waals surface area contributed by atoms with Crippen LogP contribution in [0.1, 0.15) is 77.2 Å². The fraction of sp³-hybridized carbons (Fsp3) is 0.655. The first kappa shape index (κ1) is 25.7. The first-order valence-corrected chi connectivity index (χ1v) is 14.2. The van der Waals surface area contributed by atoms with Crippen molar-refractivity contribution in [2.24, 2.45) is 22.7 Å². The van der Waals surface area contributed by atoms with E-state index in [-0.39, 0.29) is 36.3 Å². The van der Waals surface area contributed by atoms with Crippen molar-refractivity contribution < 1.29 is 14.4 Å². The molecule has 4 fully saturated rings. The molecule has 0 radical (unpaired) electrons. The molecule has 1 aromatic rings. The van der Waals surface area contributed by atoms with Crippen LogP contribution in [0.25, 0.3) is 0 Å². The first-order valence-electron chi connectivity index (χ1n) is 14.2. The summed E-state index contributed by atoms with van der Waals surface area (Å²) >= 11 is 0. The molecule has 8 heteroatoms. The average molecular weight is 508 g/mol. The van der Waals surface area contributed by atoms with E-state index in [2.05, 4.69) is 10.6 Å². The number of nitrogens with zero attached hydrogens (tertiary/aromatic N) is 3. The van der Waals surface area contributed by atoms with Gasteiger partial charge in [-0.3, -0.25) is 19.5 Å². The molecule has 5 aliphatic rings. The molecule has 0 spiro atoms. The number of carbonyl (C=O) groups is 3. The summed E-state index contributed by atoms with van der Waals surface area (Å²) in [7, 11) is 0. The van der Waals surface area contributed by atoms with Crippen molar-refractivity contribution in [1.29, 1.82) is 0 Å². The number of hydrogen-bond donors (Lipinski definition) is 2. The number of fused-ring (bicyclic) bond motifs is 5. The minimum absolute atomic E-state index is 0.0274. The number of benzene rings is 1. The van der Waals surface area contributed by atoms with Crippen LogP contribution < -0.4 is 15.5 Å². The topological polar surface area (TPSA) is 94.1 Å². The van der Waals surface area contributed by atoms with Crippen molar-refractivity contribution in [1.82, 2.24) is 15.5 Å². The molecule has 4 amide bonds. The smallest absolute Gasteiger partial charge is 0.317 e. The lowest BCUT2D eigenvalue weighted by atomic mass is 9.84. The summed E-state index contributed by atoms with van der Waals surface area (Å²) in [6.07, 6.45) is 8.98. The minimum Gasteiger partial charge on any atom is -0.341 e. The van der Waals surface area contributed by atoms with E-state index in [9.17, 15) is 14.4 Å². The van der Waals surface area contributed by atoms with Crippen LogP contribution >= 0.6 is 0 Å². The van der Waals surface area contributed by atoms with Gasteiger partial charge in [0.2, 0.25) is 12.1 Å². The molecule has 37 heavy (non-hydrogen) atoms. The zero-order valence-corrected chi connectivity index (χ0v) is 22.2. The molecular formula is C29H41N5O3. The average Bonchev–Trinajstić information content (AvgIpc) is 3.28. The van der Waals surface area contributed by atoms with Gasteiger partial charge < -0.3 is 15.5 Å². The van der Waals surface area contributed by atoms with Gasteiger partial charge in [0.25, 0.3) is 5.91 Å². The van der Waals surface area contributed by atoms with E-state index in [1.807, 2.05) is 43.0 Å². The third-order valence-electron chi connectivity index (χ3n) is 8.56. The number of urea groups is 1. The van der Waals surface area contributed by atoms with Crippen molar-refractivity contribution in [3.8, 4) is 0 Å². The SMILES string of the molecule is CC(C)C1=NC(NC(=O)NC2CCCCC2)C(=O)N(CC(=O)N2CC3CCC(CC3)C2)c2ccccc21. The van der Waals surface area contributed by atoms with Crippen LogP contribution in [0.5, 0.6) is 0 Å². The Morgan fingerprint density at radius 1 is 0.946 bits per heavy atom.